The van der Waals surface area contributed by atoms with Crippen LogP contribution in [0.5, 0.6) is 0 Å². The molecule has 27 heavy (non-hydrogen) atoms. The predicted octanol–water partition coefficient (Wildman–Crippen LogP) is 2.82. The van der Waals surface area contributed by atoms with Gasteiger partial charge in [-0.1, -0.05) is 31.0 Å². The molecule has 2 fully saturated rings. The molecule has 2 aliphatic rings. The zero-order chi connectivity index (χ0) is 18.5. The fourth-order valence-corrected chi connectivity index (χ4v) is 3.86. The normalized spacial score (nSPS) is 18.3. The van der Waals surface area contributed by atoms with Crippen molar-refractivity contribution in [1.82, 2.24) is 14.9 Å². The number of carbonyl (C=O) groups is 1. The molecule has 4 rings (SSSR count). The lowest BCUT2D eigenvalue weighted by Gasteiger charge is -2.36. The topological polar surface area (TPSA) is 52.6 Å². The smallest absolute Gasteiger partial charge is 0.274 e. The Labute approximate surface area is 160 Å². The van der Waals surface area contributed by atoms with Crippen LogP contribution in [0, 0.1) is 0 Å². The molecule has 2 aromatic rings. The fraction of sp³-hybridized carbons (Fsp3) is 0.476. The highest BCUT2D eigenvalue weighted by atomic mass is 16.2. The Bertz CT molecular complexity index is 733. The molecule has 2 aliphatic heterocycles. The quantitative estimate of drug-likeness (QED) is 0.837. The summed E-state index contributed by atoms with van der Waals surface area (Å²) in [5, 5.41) is 0. The van der Waals surface area contributed by atoms with E-state index in [-0.39, 0.29) is 5.91 Å². The molecular formula is C21H27N5O. The summed E-state index contributed by atoms with van der Waals surface area (Å²) in [5.41, 5.74) is 1.66. The first-order chi connectivity index (χ1) is 13.3. The van der Waals surface area contributed by atoms with Gasteiger partial charge in [0.1, 0.15) is 11.5 Å². The van der Waals surface area contributed by atoms with E-state index in [4.69, 9.17) is 0 Å². The standard InChI is InChI=1S/C21H27N5O/c27-21(26-14-12-24(13-15-26)18-8-4-3-5-9-18)19-16-23-20(17-22-19)25-10-6-1-2-7-11-25/h3-5,8-9,16-17H,1-2,6-7,10-15H2. The van der Waals surface area contributed by atoms with Gasteiger partial charge < -0.3 is 14.7 Å². The van der Waals surface area contributed by atoms with Gasteiger partial charge in [0.05, 0.1) is 12.4 Å². The van der Waals surface area contributed by atoms with Crippen LogP contribution < -0.4 is 9.80 Å². The zero-order valence-electron chi connectivity index (χ0n) is 15.8. The average molecular weight is 365 g/mol. The Morgan fingerprint density at radius 1 is 0.741 bits per heavy atom. The van der Waals surface area contributed by atoms with E-state index in [0.717, 1.165) is 32.0 Å². The van der Waals surface area contributed by atoms with Crippen molar-refractivity contribution in [3.05, 3.63) is 48.4 Å². The lowest BCUT2D eigenvalue weighted by atomic mass is 10.2. The van der Waals surface area contributed by atoms with Gasteiger partial charge in [-0.25, -0.2) is 9.97 Å². The van der Waals surface area contributed by atoms with E-state index in [2.05, 4.69) is 31.9 Å². The largest absolute Gasteiger partial charge is 0.368 e. The SMILES string of the molecule is O=C(c1cnc(N2CCCCCC2)cn1)N1CCN(c2ccccc2)CC1. The second kappa shape index (κ2) is 8.37. The number of nitrogens with zero attached hydrogens (tertiary/aromatic N) is 5. The number of benzene rings is 1. The van der Waals surface area contributed by atoms with E-state index in [1.165, 1.54) is 31.4 Å². The predicted molar refractivity (Wildman–Crippen MR) is 107 cm³/mol. The molecule has 6 nitrogen and oxygen atoms in total. The number of rotatable bonds is 3. The van der Waals surface area contributed by atoms with Crippen molar-refractivity contribution >= 4 is 17.4 Å². The third-order valence-corrected chi connectivity index (χ3v) is 5.48. The van der Waals surface area contributed by atoms with Crippen molar-refractivity contribution < 1.29 is 4.79 Å². The second-order valence-electron chi connectivity index (χ2n) is 7.28. The molecule has 0 radical (unpaired) electrons. The molecule has 1 aromatic heterocycles. The first kappa shape index (κ1) is 17.8. The number of amides is 1. The highest BCUT2D eigenvalue weighted by Crippen LogP contribution is 2.18. The van der Waals surface area contributed by atoms with Crippen LogP contribution in [0.3, 0.4) is 0 Å². The summed E-state index contributed by atoms with van der Waals surface area (Å²) in [6, 6.07) is 10.4. The minimum Gasteiger partial charge on any atom is -0.368 e. The molecule has 0 saturated carbocycles. The number of anilines is 2. The Balaban J connectivity index is 1.36. The fourth-order valence-electron chi connectivity index (χ4n) is 3.86. The maximum absolute atomic E-state index is 12.8. The van der Waals surface area contributed by atoms with E-state index in [1.54, 1.807) is 12.4 Å². The number of aromatic nitrogens is 2. The van der Waals surface area contributed by atoms with Gasteiger partial charge in [-0.2, -0.15) is 0 Å². The summed E-state index contributed by atoms with van der Waals surface area (Å²) in [6.07, 6.45) is 8.39. The molecule has 2 saturated heterocycles. The van der Waals surface area contributed by atoms with Crippen LogP contribution in [-0.2, 0) is 0 Å². The summed E-state index contributed by atoms with van der Waals surface area (Å²) in [4.78, 5) is 28.2. The van der Waals surface area contributed by atoms with Crippen molar-refractivity contribution in [1.29, 1.82) is 0 Å². The number of carbonyl (C=O) groups excluding carboxylic acids is 1. The molecule has 1 amide bonds. The molecule has 0 aliphatic carbocycles. The van der Waals surface area contributed by atoms with Gasteiger partial charge in [0, 0.05) is 45.0 Å². The van der Waals surface area contributed by atoms with Gasteiger partial charge in [0.15, 0.2) is 0 Å². The van der Waals surface area contributed by atoms with Crippen LogP contribution in [0.25, 0.3) is 0 Å². The molecule has 142 valence electrons. The molecule has 0 N–H and O–H groups in total. The minimum absolute atomic E-state index is 0.0161. The van der Waals surface area contributed by atoms with Crippen LogP contribution >= 0.6 is 0 Å². The van der Waals surface area contributed by atoms with Gasteiger partial charge in [-0.05, 0) is 25.0 Å². The molecule has 3 heterocycles. The lowest BCUT2D eigenvalue weighted by molar-refractivity contribution is 0.0740. The van der Waals surface area contributed by atoms with Gasteiger partial charge in [-0.15, -0.1) is 0 Å². The molecule has 6 heteroatoms. The molecule has 0 spiro atoms. The highest BCUT2D eigenvalue weighted by Gasteiger charge is 2.23. The Hall–Kier alpha value is -2.63. The summed E-state index contributed by atoms with van der Waals surface area (Å²) in [6.45, 7) is 5.17. The van der Waals surface area contributed by atoms with Crippen LogP contribution in [0.4, 0.5) is 11.5 Å². The van der Waals surface area contributed by atoms with Crippen LogP contribution in [0.2, 0.25) is 0 Å². The van der Waals surface area contributed by atoms with E-state index < -0.39 is 0 Å². The van der Waals surface area contributed by atoms with Crippen molar-refractivity contribution in [3.8, 4) is 0 Å². The number of hydrogen-bond acceptors (Lipinski definition) is 5. The first-order valence-corrected chi connectivity index (χ1v) is 9.97. The summed E-state index contributed by atoms with van der Waals surface area (Å²) in [5.74, 6) is 0.875. The maximum Gasteiger partial charge on any atom is 0.274 e. The Morgan fingerprint density at radius 2 is 1.44 bits per heavy atom. The van der Waals surface area contributed by atoms with Crippen LogP contribution in [0.1, 0.15) is 36.2 Å². The molecule has 0 atom stereocenters. The molecule has 0 bridgehead atoms. The number of para-hydroxylation sites is 1. The zero-order valence-corrected chi connectivity index (χ0v) is 15.8. The Kier molecular flexibility index (Phi) is 5.51. The highest BCUT2D eigenvalue weighted by molar-refractivity contribution is 5.92. The van der Waals surface area contributed by atoms with Crippen molar-refractivity contribution in [2.75, 3.05) is 49.1 Å². The lowest BCUT2D eigenvalue weighted by Crippen LogP contribution is -2.49. The second-order valence-corrected chi connectivity index (χ2v) is 7.28. The van der Waals surface area contributed by atoms with E-state index in [1.807, 2.05) is 23.1 Å². The van der Waals surface area contributed by atoms with Gasteiger partial charge in [0.2, 0.25) is 0 Å². The Morgan fingerprint density at radius 3 is 2.07 bits per heavy atom. The first-order valence-electron chi connectivity index (χ1n) is 9.97. The summed E-state index contributed by atoms with van der Waals surface area (Å²) >= 11 is 0. The van der Waals surface area contributed by atoms with Crippen molar-refractivity contribution in [3.63, 3.8) is 0 Å². The maximum atomic E-state index is 12.8. The van der Waals surface area contributed by atoms with E-state index in [0.29, 0.717) is 18.8 Å². The summed E-state index contributed by atoms with van der Waals surface area (Å²) < 4.78 is 0. The average Bonchev–Trinajstić information content (AvgIpc) is 3.04. The van der Waals surface area contributed by atoms with Crippen molar-refractivity contribution in [2.24, 2.45) is 0 Å². The number of piperazine rings is 1. The third kappa shape index (κ3) is 4.21. The monoisotopic (exact) mass is 365 g/mol. The van der Waals surface area contributed by atoms with Crippen molar-refractivity contribution in [2.45, 2.75) is 25.7 Å². The van der Waals surface area contributed by atoms with Gasteiger partial charge in [-0.3, -0.25) is 4.79 Å². The van der Waals surface area contributed by atoms with Crippen LogP contribution in [0.15, 0.2) is 42.7 Å². The third-order valence-electron chi connectivity index (χ3n) is 5.48. The van der Waals surface area contributed by atoms with Gasteiger partial charge in [0.25, 0.3) is 5.91 Å². The van der Waals surface area contributed by atoms with Gasteiger partial charge >= 0.3 is 0 Å². The summed E-state index contributed by atoms with van der Waals surface area (Å²) in [7, 11) is 0. The van der Waals surface area contributed by atoms with E-state index in [9.17, 15) is 4.79 Å². The molecule has 0 unspecified atom stereocenters. The van der Waals surface area contributed by atoms with Crippen LogP contribution in [-0.4, -0.2) is 60.0 Å². The molecule has 1 aromatic carbocycles. The minimum atomic E-state index is -0.0161. The van der Waals surface area contributed by atoms with E-state index >= 15 is 0 Å². The number of hydrogen-bond donors (Lipinski definition) is 0. The molecular weight excluding hydrogens is 338 g/mol.